The number of aryl methyl sites for hydroxylation is 2. The summed E-state index contributed by atoms with van der Waals surface area (Å²) in [5, 5.41) is 10.6. The number of methoxy groups -OCH3 is 2. The Labute approximate surface area is 123 Å². The van der Waals surface area contributed by atoms with Crippen LogP contribution in [-0.4, -0.2) is 19.3 Å². The summed E-state index contributed by atoms with van der Waals surface area (Å²) in [5.74, 6) is 1.32. The number of aliphatic hydroxyl groups is 1. The summed E-state index contributed by atoms with van der Waals surface area (Å²) < 4.78 is 10.6. The van der Waals surface area contributed by atoms with Crippen LogP contribution in [0.4, 0.5) is 0 Å². The van der Waals surface area contributed by atoms with Gasteiger partial charge in [0.05, 0.1) is 14.2 Å². The highest BCUT2D eigenvalue weighted by Crippen LogP contribution is 2.36. The lowest BCUT2D eigenvalue weighted by Crippen LogP contribution is -2.02. The number of hydrogen-bond donors (Lipinski definition) is 1. The SMILES string of the molecule is CCc1ccc(C(O)c2cc(OC)c(OC)cc2C)s1. The third-order valence-electron chi connectivity index (χ3n) is 3.37. The number of benzene rings is 1. The molecule has 1 unspecified atom stereocenters. The van der Waals surface area contributed by atoms with Crippen LogP contribution in [0.5, 0.6) is 11.5 Å². The molecule has 3 nitrogen and oxygen atoms in total. The van der Waals surface area contributed by atoms with E-state index in [1.807, 2.05) is 25.1 Å². The van der Waals surface area contributed by atoms with E-state index >= 15 is 0 Å². The molecule has 108 valence electrons. The van der Waals surface area contributed by atoms with E-state index < -0.39 is 6.10 Å². The van der Waals surface area contributed by atoms with Crippen LogP contribution in [0.3, 0.4) is 0 Å². The second-order valence-electron chi connectivity index (χ2n) is 4.62. The van der Waals surface area contributed by atoms with Crippen LogP contribution in [-0.2, 0) is 6.42 Å². The fourth-order valence-corrected chi connectivity index (χ4v) is 3.13. The second kappa shape index (κ2) is 6.29. The van der Waals surface area contributed by atoms with E-state index in [0.717, 1.165) is 22.4 Å². The molecular formula is C16H20O3S. The van der Waals surface area contributed by atoms with Crippen LogP contribution < -0.4 is 9.47 Å². The van der Waals surface area contributed by atoms with Gasteiger partial charge in [0, 0.05) is 9.75 Å². The summed E-state index contributed by atoms with van der Waals surface area (Å²) in [6.45, 7) is 4.08. The molecule has 0 aliphatic heterocycles. The minimum Gasteiger partial charge on any atom is -0.493 e. The topological polar surface area (TPSA) is 38.7 Å². The fourth-order valence-electron chi connectivity index (χ4n) is 2.18. The van der Waals surface area contributed by atoms with Gasteiger partial charge < -0.3 is 14.6 Å². The van der Waals surface area contributed by atoms with Crippen molar-refractivity contribution in [3.8, 4) is 11.5 Å². The molecule has 0 saturated heterocycles. The van der Waals surface area contributed by atoms with Crippen LogP contribution in [0.25, 0.3) is 0 Å². The highest BCUT2D eigenvalue weighted by atomic mass is 32.1. The van der Waals surface area contributed by atoms with Gasteiger partial charge in [0.1, 0.15) is 6.10 Å². The van der Waals surface area contributed by atoms with Crippen LogP contribution in [0.2, 0.25) is 0 Å². The Morgan fingerprint density at radius 1 is 1.15 bits per heavy atom. The molecule has 0 aliphatic rings. The molecule has 4 heteroatoms. The second-order valence-corrected chi connectivity index (χ2v) is 5.82. The number of hydrogen-bond acceptors (Lipinski definition) is 4. The standard InChI is InChI=1S/C16H20O3S/c1-5-11-6-7-15(20-11)16(17)12-9-14(19-4)13(18-3)8-10(12)2/h6-9,16-17H,5H2,1-4H3. The lowest BCUT2D eigenvalue weighted by molar-refractivity contribution is 0.222. The van der Waals surface area contributed by atoms with E-state index in [-0.39, 0.29) is 0 Å². The van der Waals surface area contributed by atoms with Gasteiger partial charge in [-0.1, -0.05) is 6.92 Å². The van der Waals surface area contributed by atoms with Crippen LogP contribution in [0, 0.1) is 6.92 Å². The molecule has 0 spiro atoms. The van der Waals surface area contributed by atoms with Crippen molar-refractivity contribution in [3.05, 3.63) is 45.1 Å². The minimum absolute atomic E-state index is 0.625. The van der Waals surface area contributed by atoms with Crippen molar-refractivity contribution in [1.29, 1.82) is 0 Å². The van der Waals surface area contributed by atoms with Gasteiger partial charge in [-0.25, -0.2) is 0 Å². The van der Waals surface area contributed by atoms with Crippen LogP contribution >= 0.6 is 11.3 Å². The first-order valence-electron chi connectivity index (χ1n) is 6.59. The highest BCUT2D eigenvalue weighted by molar-refractivity contribution is 7.12. The maximum Gasteiger partial charge on any atom is 0.161 e. The monoisotopic (exact) mass is 292 g/mol. The zero-order chi connectivity index (χ0) is 14.7. The molecule has 1 N–H and O–H groups in total. The third kappa shape index (κ3) is 2.81. The normalized spacial score (nSPS) is 12.2. The van der Waals surface area contributed by atoms with Gasteiger partial charge in [-0.2, -0.15) is 0 Å². The van der Waals surface area contributed by atoms with E-state index in [9.17, 15) is 5.11 Å². The van der Waals surface area contributed by atoms with Gasteiger partial charge in [0.2, 0.25) is 0 Å². The van der Waals surface area contributed by atoms with Gasteiger partial charge >= 0.3 is 0 Å². The number of rotatable bonds is 5. The van der Waals surface area contributed by atoms with Crippen molar-refractivity contribution < 1.29 is 14.6 Å². The van der Waals surface area contributed by atoms with Gasteiger partial charge in [0.25, 0.3) is 0 Å². The van der Waals surface area contributed by atoms with Crippen LogP contribution in [0.15, 0.2) is 24.3 Å². The molecule has 1 aromatic carbocycles. The Hall–Kier alpha value is -1.52. The largest absolute Gasteiger partial charge is 0.493 e. The molecule has 1 atom stereocenters. The fraction of sp³-hybridized carbons (Fsp3) is 0.375. The lowest BCUT2D eigenvalue weighted by Gasteiger charge is -2.16. The predicted molar refractivity (Wildman–Crippen MR) is 82.0 cm³/mol. The summed E-state index contributed by atoms with van der Waals surface area (Å²) in [4.78, 5) is 2.23. The average molecular weight is 292 g/mol. The molecular weight excluding hydrogens is 272 g/mol. The van der Waals surface area contributed by atoms with Crippen LogP contribution in [0.1, 0.15) is 33.9 Å². The summed E-state index contributed by atoms with van der Waals surface area (Å²) in [7, 11) is 3.21. The van der Waals surface area contributed by atoms with Gasteiger partial charge in [0.15, 0.2) is 11.5 Å². The summed E-state index contributed by atoms with van der Waals surface area (Å²) in [6.07, 6.45) is 0.363. The maximum atomic E-state index is 10.6. The smallest absolute Gasteiger partial charge is 0.161 e. The Balaban J connectivity index is 2.40. The number of aliphatic hydroxyl groups excluding tert-OH is 1. The zero-order valence-corrected chi connectivity index (χ0v) is 13.1. The zero-order valence-electron chi connectivity index (χ0n) is 12.3. The minimum atomic E-state index is -0.625. The van der Waals surface area contributed by atoms with Crippen molar-refractivity contribution in [1.82, 2.24) is 0 Å². The van der Waals surface area contributed by atoms with Gasteiger partial charge in [-0.3, -0.25) is 0 Å². The molecule has 0 saturated carbocycles. The Bertz CT molecular complexity index is 589. The molecule has 0 fully saturated rings. The van der Waals surface area contributed by atoms with E-state index in [0.29, 0.717) is 11.5 Å². The highest BCUT2D eigenvalue weighted by Gasteiger charge is 2.18. The maximum absolute atomic E-state index is 10.6. The molecule has 0 aliphatic carbocycles. The van der Waals surface area contributed by atoms with E-state index in [1.165, 1.54) is 4.88 Å². The molecule has 1 heterocycles. The Morgan fingerprint density at radius 3 is 2.35 bits per heavy atom. The molecule has 0 amide bonds. The third-order valence-corrected chi connectivity index (χ3v) is 4.65. The molecule has 0 bridgehead atoms. The average Bonchev–Trinajstić information content (AvgIpc) is 2.95. The molecule has 2 rings (SSSR count). The summed E-state index contributed by atoms with van der Waals surface area (Å²) in [5.41, 5.74) is 1.84. The first-order valence-corrected chi connectivity index (χ1v) is 7.41. The van der Waals surface area contributed by atoms with Crippen molar-refractivity contribution in [2.75, 3.05) is 14.2 Å². The summed E-state index contributed by atoms with van der Waals surface area (Å²) >= 11 is 1.65. The number of thiophene rings is 1. The predicted octanol–water partition coefficient (Wildman–Crippen LogP) is 3.72. The van der Waals surface area contributed by atoms with Gasteiger partial charge in [-0.15, -0.1) is 11.3 Å². The Morgan fingerprint density at radius 2 is 1.80 bits per heavy atom. The van der Waals surface area contributed by atoms with Crippen molar-refractivity contribution in [2.24, 2.45) is 0 Å². The van der Waals surface area contributed by atoms with E-state index in [1.54, 1.807) is 25.6 Å². The molecule has 1 aromatic heterocycles. The van der Waals surface area contributed by atoms with Crippen molar-refractivity contribution in [2.45, 2.75) is 26.4 Å². The van der Waals surface area contributed by atoms with Gasteiger partial charge in [-0.05, 0) is 48.7 Å². The van der Waals surface area contributed by atoms with Crippen molar-refractivity contribution in [3.63, 3.8) is 0 Å². The first-order chi connectivity index (χ1) is 9.60. The first kappa shape index (κ1) is 14.9. The van der Waals surface area contributed by atoms with E-state index in [2.05, 4.69) is 13.0 Å². The lowest BCUT2D eigenvalue weighted by atomic mass is 10.0. The van der Waals surface area contributed by atoms with Crippen molar-refractivity contribution >= 4 is 11.3 Å². The molecule has 0 radical (unpaired) electrons. The number of ether oxygens (including phenoxy) is 2. The Kier molecular flexibility index (Phi) is 4.68. The van der Waals surface area contributed by atoms with E-state index in [4.69, 9.17) is 9.47 Å². The molecule has 20 heavy (non-hydrogen) atoms. The molecule has 2 aromatic rings. The quantitative estimate of drug-likeness (QED) is 0.913. The summed E-state index contributed by atoms with van der Waals surface area (Å²) in [6, 6.07) is 7.81.